The third-order valence-corrected chi connectivity index (χ3v) is 6.46. The molecule has 0 spiro atoms. The number of carbonyl (C=O) groups is 1. The van der Waals surface area contributed by atoms with Gasteiger partial charge in [-0.3, -0.25) is 4.79 Å². The first-order valence-electron chi connectivity index (χ1n) is 9.31. The van der Waals surface area contributed by atoms with E-state index in [0.717, 1.165) is 19.3 Å². The van der Waals surface area contributed by atoms with Crippen molar-refractivity contribution in [2.45, 2.75) is 46.1 Å². The Balaban J connectivity index is 1.49. The summed E-state index contributed by atoms with van der Waals surface area (Å²) < 4.78 is 38.1. The fourth-order valence-electron chi connectivity index (χ4n) is 4.19. The summed E-state index contributed by atoms with van der Waals surface area (Å²) in [6.45, 7) is 6.70. The summed E-state index contributed by atoms with van der Waals surface area (Å²) in [5.74, 6) is 1.13. The van der Waals surface area contributed by atoms with Crippen molar-refractivity contribution in [2.24, 2.45) is 11.3 Å². The van der Waals surface area contributed by atoms with Gasteiger partial charge in [-0.25, -0.2) is 13.1 Å². The molecule has 0 aromatic heterocycles. The van der Waals surface area contributed by atoms with E-state index in [1.54, 1.807) is 18.2 Å². The van der Waals surface area contributed by atoms with Gasteiger partial charge in [0.2, 0.25) is 16.8 Å². The summed E-state index contributed by atoms with van der Waals surface area (Å²) in [4.78, 5) is 12.2. The average Bonchev–Trinajstić information content (AvgIpc) is 2.99. The van der Waals surface area contributed by atoms with Crippen molar-refractivity contribution >= 4 is 15.9 Å². The van der Waals surface area contributed by atoms with Crippen LogP contribution in [0.1, 0.15) is 50.4 Å². The zero-order valence-electron chi connectivity index (χ0n) is 16.1. The molecule has 1 aromatic carbocycles. The lowest BCUT2D eigenvalue weighted by molar-refractivity contribution is 0.0955. The van der Waals surface area contributed by atoms with Crippen LogP contribution in [0, 0.1) is 11.3 Å². The molecule has 27 heavy (non-hydrogen) atoms. The number of ether oxygens (including phenoxy) is 2. The molecule has 1 amide bonds. The van der Waals surface area contributed by atoms with Gasteiger partial charge in [-0.15, -0.1) is 0 Å². The maximum Gasteiger partial charge on any atom is 0.251 e. The molecule has 8 heteroatoms. The predicted molar refractivity (Wildman–Crippen MR) is 102 cm³/mol. The lowest BCUT2D eigenvalue weighted by Gasteiger charge is -2.39. The number of fused-ring (bicyclic) bond motifs is 1. The molecule has 0 bridgehead atoms. The Bertz CT molecular complexity index is 806. The van der Waals surface area contributed by atoms with Crippen molar-refractivity contribution in [3.8, 4) is 11.5 Å². The molecule has 0 radical (unpaired) electrons. The van der Waals surface area contributed by atoms with Crippen LogP contribution in [0.5, 0.6) is 11.5 Å². The van der Waals surface area contributed by atoms with Gasteiger partial charge in [0.1, 0.15) is 0 Å². The summed E-state index contributed by atoms with van der Waals surface area (Å²) in [5, 5.41) is 2.65. The van der Waals surface area contributed by atoms with Gasteiger partial charge in [-0.05, 0) is 48.8 Å². The molecule has 2 aliphatic rings. The maximum absolute atomic E-state index is 12.4. The van der Waals surface area contributed by atoms with Crippen LogP contribution in [0.3, 0.4) is 0 Å². The minimum Gasteiger partial charge on any atom is -0.454 e. The van der Waals surface area contributed by atoms with Crippen LogP contribution in [-0.4, -0.2) is 39.5 Å². The quantitative estimate of drug-likeness (QED) is 0.769. The van der Waals surface area contributed by atoms with Crippen molar-refractivity contribution < 1.29 is 22.7 Å². The van der Waals surface area contributed by atoms with Gasteiger partial charge in [-0.2, -0.15) is 0 Å². The Kier molecular flexibility index (Phi) is 5.67. The second kappa shape index (κ2) is 7.67. The van der Waals surface area contributed by atoms with Crippen LogP contribution in [0.4, 0.5) is 0 Å². The predicted octanol–water partition coefficient (Wildman–Crippen LogP) is 2.28. The van der Waals surface area contributed by atoms with Gasteiger partial charge in [0, 0.05) is 18.2 Å². The first-order valence-corrected chi connectivity index (χ1v) is 11.0. The molecule has 0 unspecified atom stereocenters. The van der Waals surface area contributed by atoms with E-state index in [2.05, 4.69) is 30.8 Å². The topological polar surface area (TPSA) is 93.7 Å². The number of amides is 1. The second-order valence-electron chi connectivity index (χ2n) is 8.37. The molecule has 1 saturated carbocycles. The van der Waals surface area contributed by atoms with Crippen molar-refractivity contribution in [1.82, 2.24) is 10.0 Å². The van der Waals surface area contributed by atoms with Crippen LogP contribution in [0.2, 0.25) is 0 Å². The summed E-state index contributed by atoms with van der Waals surface area (Å²) >= 11 is 0. The summed E-state index contributed by atoms with van der Waals surface area (Å²) in [5.41, 5.74) is 0.547. The molecule has 1 aliphatic carbocycles. The van der Waals surface area contributed by atoms with Gasteiger partial charge < -0.3 is 14.8 Å². The first kappa shape index (κ1) is 19.9. The third-order valence-electron chi connectivity index (χ3n) is 5.02. The van der Waals surface area contributed by atoms with Gasteiger partial charge in [0.15, 0.2) is 11.5 Å². The molecule has 0 saturated heterocycles. The standard InChI is InChI=1S/C19H28N2O5S/c1-13-8-15(11-19(2,3)10-13)21-27(23,24)7-6-20-18(22)14-4-5-16-17(9-14)26-12-25-16/h4-5,9,13,15,21H,6-8,10-12H2,1-3H3,(H,20,22)/t13-,15+/m1/s1. The van der Waals surface area contributed by atoms with Gasteiger partial charge >= 0.3 is 0 Å². The minimum absolute atomic E-state index is 0.0432. The second-order valence-corrected chi connectivity index (χ2v) is 10.2. The van der Waals surface area contributed by atoms with Gasteiger partial charge in [0.25, 0.3) is 5.91 Å². The number of sulfonamides is 1. The summed E-state index contributed by atoms with van der Waals surface area (Å²) in [6, 6.07) is 4.84. The highest BCUT2D eigenvalue weighted by Gasteiger charge is 2.33. The van der Waals surface area contributed by atoms with Gasteiger partial charge in [0.05, 0.1) is 5.75 Å². The molecule has 3 rings (SSSR count). The molecular weight excluding hydrogens is 368 g/mol. The molecule has 2 atom stereocenters. The van der Waals surface area contributed by atoms with Crippen molar-refractivity contribution in [3.63, 3.8) is 0 Å². The summed E-state index contributed by atoms with van der Waals surface area (Å²) in [6.07, 6.45) is 2.79. The average molecular weight is 397 g/mol. The normalized spacial score (nSPS) is 23.8. The molecule has 7 nitrogen and oxygen atoms in total. The largest absolute Gasteiger partial charge is 0.454 e. The number of carbonyl (C=O) groups excluding carboxylic acids is 1. The van der Waals surface area contributed by atoms with E-state index in [1.165, 1.54) is 0 Å². The van der Waals surface area contributed by atoms with E-state index in [1.807, 2.05) is 0 Å². The first-order chi connectivity index (χ1) is 12.6. The number of rotatable bonds is 6. The van der Waals surface area contributed by atoms with E-state index in [-0.39, 0.29) is 36.5 Å². The van der Waals surface area contributed by atoms with Crippen molar-refractivity contribution in [3.05, 3.63) is 23.8 Å². The molecule has 2 N–H and O–H groups in total. The highest BCUT2D eigenvalue weighted by Crippen LogP contribution is 2.38. The SMILES string of the molecule is C[C@@H]1C[C@H](NS(=O)(=O)CCNC(=O)c2ccc3c(c2)OCO3)CC(C)(C)C1. The number of benzene rings is 1. The third kappa shape index (κ3) is 5.35. The molecule has 1 heterocycles. The van der Waals surface area contributed by atoms with E-state index < -0.39 is 10.0 Å². The van der Waals surface area contributed by atoms with Crippen LogP contribution in [0.15, 0.2) is 18.2 Å². The highest BCUT2D eigenvalue weighted by atomic mass is 32.2. The van der Waals surface area contributed by atoms with E-state index in [9.17, 15) is 13.2 Å². The van der Waals surface area contributed by atoms with Crippen LogP contribution in [-0.2, 0) is 10.0 Å². The van der Waals surface area contributed by atoms with E-state index in [4.69, 9.17) is 9.47 Å². The van der Waals surface area contributed by atoms with E-state index in [0.29, 0.717) is 23.0 Å². The maximum atomic E-state index is 12.4. The van der Waals surface area contributed by atoms with Gasteiger partial charge in [-0.1, -0.05) is 20.8 Å². The van der Waals surface area contributed by atoms with Crippen LogP contribution in [0.25, 0.3) is 0 Å². The molecule has 150 valence electrons. The molecule has 1 aromatic rings. The highest BCUT2D eigenvalue weighted by molar-refractivity contribution is 7.89. The molecular formula is C19H28N2O5S. The van der Waals surface area contributed by atoms with Crippen molar-refractivity contribution in [2.75, 3.05) is 19.1 Å². The van der Waals surface area contributed by atoms with Crippen LogP contribution >= 0.6 is 0 Å². The Morgan fingerprint density at radius 3 is 2.70 bits per heavy atom. The lowest BCUT2D eigenvalue weighted by Crippen LogP contribution is -2.45. The minimum atomic E-state index is -3.45. The van der Waals surface area contributed by atoms with Crippen molar-refractivity contribution in [1.29, 1.82) is 0 Å². The Morgan fingerprint density at radius 2 is 1.96 bits per heavy atom. The lowest BCUT2D eigenvalue weighted by atomic mass is 9.71. The fourth-order valence-corrected chi connectivity index (χ4v) is 5.36. The monoisotopic (exact) mass is 396 g/mol. The number of nitrogens with one attached hydrogen (secondary N) is 2. The van der Waals surface area contributed by atoms with E-state index >= 15 is 0 Å². The Labute approximate surface area is 160 Å². The Morgan fingerprint density at radius 1 is 1.22 bits per heavy atom. The molecule has 1 aliphatic heterocycles. The zero-order chi connectivity index (χ0) is 19.7. The smallest absolute Gasteiger partial charge is 0.251 e. The fraction of sp³-hybridized carbons (Fsp3) is 0.632. The molecule has 1 fully saturated rings. The number of hydrogen-bond acceptors (Lipinski definition) is 5. The number of hydrogen-bond donors (Lipinski definition) is 2. The summed E-state index contributed by atoms with van der Waals surface area (Å²) in [7, 11) is -3.45. The Hall–Kier alpha value is -1.80. The van der Waals surface area contributed by atoms with Crippen LogP contribution < -0.4 is 19.5 Å². The zero-order valence-corrected chi connectivity index (χ0v) is 16.9.